The third-order valence-corrected chi connectivity index (χ3v) is 3.82. The van der Waals surface area contributed by atoms with Crippen LogP contribution in [0.2, 0.25) is 0 Å². The third kappa shape index (κ3) is 11.4. The molecule has 1 unspecified atom stereocenters. The van der Waals surface area contributed by atoms with E-state index >= 15 is 0 Å². The van der Waals surface area contributed by atoms with E-state index in [1.807, 2.05) is 0 Å². The number of rotatable bonds is 8. The SMILES string of the molecule is CN=C(NCCCCCC(=O)OC)NC1CCN(CC(F)(F)F)C1.I. The summed E-state index contributed by atoms with van der Waals surface area (Å²) in [5.41, 5.74) is 0. The smallest absolute Gasteiger partial charge is 0.401 e. The molecule has 0 saturated carbocycles. The Labute approximate surface area is 164 Å². The van der Waals surface area contributed by atoms with Gasteiger partial charge >= 0.3 is 12.1 Å². The second-order valence-corrected chi connectivity index (χ2v) is 5.87. The molecule has 0 amide bonds. The molecule has 1 aliphatic heterocycles. The summed E-state index contributed by atoms with van der Waals surface area (Å²) >= 11 is 0. The first-order valence-electron chi connectivity index (χ1n) is 8.17. The molecule has 25 heavy (non-hydrogen) atoms. The number of nitrogens with zero attached hydrogens (tertiary/aromatic N) is 2. The molecule has 148 valence electrons. The van der Waals surface area contributed by atoms with Gasteiger partial charge in [0, 0.05) is 39.1 Å². The average Bonchev–Trinajstić information content (AvgIpc) is 2.93. The highest BCUT2D eigenvalue weighted by atomic mass is 127. The van der Waals surface area contributed by atoms with Crippen LogP contribution >= 0.6 is 24.0 Å². The molecule has 0 aromatic heterocycles. The summed E-state index contributed by atoms with van der Waals surface area (Å²) in [7, 11) is 3.01. The van der Waals surface area contributed by atoms with Gasteiger partial charge in [-0.05, 0) is 19.3 Å². The minimum absolute atomic E-state index is 0. The third-order valence-electron chi connectivity index (χ3n) is 3.82. The van der Waals surface area contributed by atoms with Crippen molar-refractivity contribution < 1.29 is 22.7 Å². The number of esters is 1. The Bertz CT molecular complexity index is 422. The second-order valence-electron chi connectivity index (χ2n) is 5.87. The Hall–Kier alpha value is -0.780. The molecule has 1 aliphatic rings. The molecule has 1 fully saturated rings. The van der Waals surface area contributed by atoms with Crippen LogP contribution in [-0.4, -0.2) is 69.4 Å². The molecule has 0 spiro atoms. The number of guanidine groups is 1. The van der Waals surface area contributed by atoms with Gasteiger partial charge in [0.1, 0.15) is 0 Å². The van der Waals surface area contributed by atoms with E-state index < -0.39 is 12.7 Å². The Morgan fingerprint density at radius 3 is 2.64 bits per heavy atom. The Morgan fingerprint density at radius 1 is 1.32 bits per heavy atom. The van der Waals surface area contributed by atoms with E-state index in [4.69, 9.17) is 0 Å². The fourth-order valence-corrected chi connectivity index (χ4v) is 2.62. The molecule has 1 rings (SSSR count). The normalized spacial score (nSPS) is 18.6. The fraction of sp³-hybridized carbons (Fsp3) is 0.867. The zero-order valence-electron chi connectivity index (χ0n) is 14.7. The van der Waals surface area contributed by atoms with Gasteiger partial charge in [0.05, 0.1) is 13.7 Å². The number of aliphatic imine (C=N–C) groups is 1. The summed E-state index contributed by atoms with van der Waals surface area (Å²) in [6.45, 7) is 0.623. The summed E-state index contributed by atoms with van der Waals surface area (Å²) in [4.78, 5) is 16.5. The van der Waals surface area contributed by atoms with Crippen molar-refractivity contribution in [2.24, 2.45) is 4.99 Å². The monoisotopic (exact) mass is 480 g/mol. The van der Waals surface area contributed by atoms with Crippen LogP contribution in [0, 0.1) is 0 Å². The lowest BCUT2D eigenvalue weighted by Gasteiger charge is -2.19. The van der Waals surface area contributed by atoms with Crippen LogP contribution in [0.15, 0.2) is 4.99 Å². The molecular weight excluding hydrogens is 452 g/mol. The largest absolute Gasteiger partial charge is 0.469 e. The summed E-state index contributed by atoms with van der Waals surface area (Å²) in [5.74, 6) is 0.395. The van der Waals surface area contributed by atoms with Crippen molar-refractivity contribution >= 4 is 35.9 Å². The van der Waals surface area contributed by atoms with Crippen LogP contribution < -0.4 is 10.6 Å². The van der Waals surface area contributed by atoms with E-state index in [2.05, 4.69) is 20.4 Å². The molecule has 1 saturated heterocycles. The van der Waals surface area contributed by atoms with Crippen molar-refractivity contribution in [3.8, 4) is 0 Å². The number of likely N-dealkylation sites (tertiary alicyclic amines) is 1. The van der Waals surface area contributed by atoms with Crippen molar-refractivity contribution in [1.29, 1.82) is 0 Å². The average molecular weight is 480 g/mol. The summed E-state index contributed by atoms with van der Waals surface area (Å²) < 4.78 is 41.7. The van der Waals surface area contributed by atoms with Crippen molar-refractivity contribution in [1.82, 2.24) is 15.5 Å². The zero-order chi connectivity index (χ0) is 18.0. The molecule has 0 aromatic rings. The molecule has 0 radical (unpaired) electrons. The van der Waals surface area contributed by atoms with Crippen molar-refractivity contribution in [3.63, 3.8) is 0 Å². The number of nitrogens with one attached hydrogen (secondary N) is 2. The summed E-state index contributed by atoms with van der Waals surface area (Å²) in [5, 5.41) is 6.30. The van der Waals surface area contributed by atoms with Gasteiger partial charge in [0.15, 0.2) is 5.96 Å². The van der Waals surface area contributed by atoms with Gasteiger partial charge in [-0.1, -0.05) is 6.42 Å². The van der Waals surface area contributed by atoms with Gasteiger partial charge in [-0.15, -0.1) is 24.0 Å². The first-order valence-corrected chi connectivity index (χ1v) is 8.17. The van der Waals surface area contributed by atoms with Crippen LogP contribution in [0.5, 0.6) is 0 Å². The van der Waals surface area contributed by atoms with Crippen molar-refractivity contribution in [2.75, 3.05) is 40.3 Å². The molecule has 6 nitrogen and oxygen atoms in total. The van der Waals surface area contributed by atoms with Gasteiger partial charge in [-0.3, -0.25) is 14.7 Å². The number of hydrogen-bond acceptors (Lipinski definition) is 4. The Morgan fingerprint density at radius 2 is 2.04 bits per heavy atom. The topological polar surface area (TPSA) is 66.0 Å². The van der Waals surface area contributed by atoms with Crippen LogP contribution in [-0.2, 0) is 9.53 Å². The lowest BCUT2D eigenvalue weighted by molar-refractivity contribution is -0.143. The highest BCUT2D eigenvalue weighted by Gasteiger charge is 2.34. The lowest BCUT2D eigenvalue weighted by atomic mass is 10.2. The number of unbranched alkanes of at least 4 members (excludes halogenated alkanes) is 2. The van der Waals surface area contributed by atoms with Crippen molar-refractivity contribution in [2.45, 2.75) is 44.3 Å². The van der Waals surface area contributed by atoms with E-state index in [9.17, 15) is 18.0 Å². The molecule has 0 aliphatic carbocycles. The van der Waals surface area contributed by atoms with E-state index in [1.165, 1.54) is 12.0 Å². The minimum atomic E-state index is -4.15. The second kappa shape index (κ2) is 12.6. The van der Waals surface area contributed by atoms with Gasteiger partial charge < -0.3 is 15.4 Å². The molecule has 2 N–H and O–H groups in total. The summed E-state index contributed by atoms with van der Waals surface area (Å²) in [6, 6.07) is -0.0297. The maximum atomic E-state index is 12.4. The first-order chi connectivity index (χ1) is 11.3. The van der Waals surface area contributed by atoms with Crippen LogP contribution in [0.25, 0.3) is 0 Å². The minimum Gasteiger partial charge on any atom is -0.469 e. The number of carbonyl (C=O) groups excluding carboxylic acids is 1. The molecule has 1 atom stereocenters. The van der Waals surface area contributed by atoms with Crippen molar-refractivity contribution in [3.05, 3.63) is 0 Å². The number of hydrogen-bond donors (Lipinski definition) is 2. The van der Waals surface area contributed by atoms with E-state index in [0.717, 1.165) is 19.3 Å². The fourth-order valence-electron chi connectivity index (χ4n) is 2.62. The quantitative estimate of drug-likeness (QED) is 0.183. The lowest BCUT2D eigenvalue weighted by Crippen LogP contribution is -2.45. The Balaban J connectivity index is 0.00000576. The van der Waals surface area contributed by atoms with Crippen LogP contribution in [0.3, 0.4) is 0 Å². The van der Waals surface area contributed by atoms with E-state index in [0.29, 0.717) is 38.4 Å². The predicted octanol–water partition coefficient (Wildman–Crippen LogP) is 2.14. The van der Waals surface area contributed by atoms with Gasteiger partial charge in [0.25, 0.3) is 0 Å². The predicted molar refractivity (Wildman–Crippen MR) is 101 cm³/mol. The molecule has 10 heteroatoms. The number of halogens is 4. The first kappa shape index (κ1) is 24.2. The number of methoxy groups -OCH3 is 1. The maximum absolute atomic E-state index is 12.4. The van der Waals surface area contributed by atoms with Crippen LogP contribution in [0.4, 0.5) is 13.2 Å². The number of ether oxygens (including phenoxy) is 1. The molecule has 0 bridgehead atoms. The number of carbonyl (C=O) groups is 1. The van der Waals surface area contributed by atoms with Crippen LogP contribution in [0.1, 0.15) is 32.1 Å². The zero-order valence-corrected chi connectivity index (χ0v) is 17.0. The van der Waals surface area contributed by atoms with E-state index in [1.54, 1.807) is 7.05 Å². The molecule has 0 aromatic carbocycles. The van der Waals surface area contributed by atoms with E-state index in [-0.39, 0.29) is 36.0 Å². The molecule has 1 heterocycles. The standard InChI is InChI=1S/C15H27F3N4O2.HI/c1-19-14(20-8-5-3-4-6-13(23)24-2)21-12-7-9-22(10-12)11-15(16,17)18;/h12H,3-11H2,1-2H3,(H2,19,20,21);1H. The Kier molecular flexibility index (Phi) is 12.2. The summed E-state index contributed by atoms with van der Waals surface area (Å²) in [6.07, 6.45) is -0.532. The molecular formula is C15H28F3IN4O2. The maximum Gasteiger partial charge on any atom is 0.401 e. The van der Waals surface area contributed by atoms with Gasteiger partial charge in [0.2, 0.25) is 0 Å². The number of alkyl halides is 3. The highest BCUT2D eigenvalue weighted by molar-refractivity contribution is 14.0. The highest BCUT2D eigenvalue weighted by Crippen LogP contribution is 2.19. The van der Waals surface area contributed by atoms with Gasteiger partial charge in [-0.2, -0.15) is 13.2 Å². The van der Waals surface area contributed by atoms with Gasteiger partial charge in [-0.25, -0.2) is 0 Å².